The summed E-state index contributed by atoms with van der Waals surface area (Å²) in [5, 5.41) is 2.08. The van der Waals surface area contributed by atoms with E-state index in [4.69, 9.17) is 13.9 Å². The maximum atomic E-state index is 14.0. The van der Waals surface area contributed by atoms with Crippen LogP contribution in [0.25, 0.3) is 32.9 Å². The molecule has 5 aromatic rings. The summed E-state index contributed by atoms with van der Waals surface area (Å²) in [7, 11) is 1.33. The summed E-state index contributed by atoms with van der Waals surface area (Å²) in [6.07, 6.45) is -4.90. The van der Waals surface area contributed by atoms with Crippen molar-refractivity contribution in [2.24, 2.45) is 0 Å². The van der Waals surface area contributed by atoms with Crippen molar-refractivity contribution in [3.63, 3.8) is 0 Å². The average Bonchev–Trinajstić information content (AvgIpc) is 2.86. The van der Waals surface area contributed by atoms with E-state index >= 15 is 0 Å². The lowest BCUT2D eigenvalue weighted by Gasteiger charge is -2.15. The van der Waals surface area contributed by atoms with Crippen molar-refractivity contribution in [2.45, 2.75) is 12.8 Å². The number of methoxy groups -OCH3 is 1. The van der Waals surface area contributed by atoms with E-state index in [1.54, 1.807) is 12.1 Å². The van der Waals surface area contributed by atoms with Gasteiger partial charge in [0.2, 0.25) is 11.2 Å². The van der Waals surface area contributed by atoms with Crippen molar-refractivity contribution in [1.82, 2.24) is 0 Å². The third kappa shape index (κ3) is 4.21. The van der Waals surface area contributed by atoms with Gasteiger partial charge in [0.1, 0.15) is 23.7 Å². The van der Waals surface area contributed by atoms with Crippen molar-refractivity contribution in [2.75, 3.05) is 7.11 Å². The van der Waals surface area contributed by atoms with Crippen LogP contribution in [0.4, 0.5) is 13.2 Å². The molecule has 4 aromatic carbocycles. The van der Waals surface area contributed by atoms with E-state index in [0.29, 0.717) is 0 Å². The number of halogens is 3. The Morgan fingerprint density at radius 1 is 0.857 bits per heavy atom. The van der Waals surface area contributed by atoms with E-state index < -0.39 is 22.9 Å². The molecule has 0 saturated heterocycles. The highest BCUT2D eigenvalue weighted by Gasteiger charge is 2.40. The zero-order chi connectivity index (χ0) is 24.6. The molecule has 0 aliphatic carbocycles. The lowest BCUT2D eigenvalue weighted by Crippen LogP contribution is -2.16. The smallest absolute Gasteiger partial charge is 0.450 e. The van der Waals surface area contributed by atoms with Gasteiger partial charge in [0, 0.05) is 11.6 Å². The molecule has 1 aromatic heterocycles. The fourth-order valence-corrected chi connectivity index (χ4v) is 4.14. The summed E-state index contributed by atoms with van der Waals surface area (Å²) < 4.78 is 58.3. The Bertz CT molecular complexity index is 1600. The monoisotopic (exact) mass is 476 g/mol. The lowest BCUT2D eigenvalue weighted by atomic mass is 10.0. The fraction of sp³-hybridized carbons (Fsp3) is 0.107. The van der Waals surface area contributed by atoms with Crippen LogP contribution in [0.3, 0.4) is 0 Å². The Morgan fingerprint density at radius 3 is 2.40 bits per heavy atom. The summed E-state index contributed by atoms with van der Waals surface area (Å²) in [6.45, 7) is 0.197. The first-order valence-corrected chi connectivity index (χ1v) is 10.8. The molecule has 35 heavy (non-hydrogen) atoms. The number of alkyl halides is 3. The average molecular weight is 476 g/mol. The minimum Gasteiger partial charge on any atom is -0.496 e. The fourth-order valence-electron chi connectivity index (χ4n) is 4.14. The zero-order valence-electron chi connectivity index (χ0n) is 18.6. The third-order valence-electron chi connectivity index (χ3n) is 5.77. The number of hydrogen-bond acceptors (Lipinski definition) is 4. The molecule has 0 atom stereocenters. The first kappa shape index (κ1) is 22.5. The highest BCUT2D eigenvalue weighted by molar-refractivity contribution is 5.86. The van der Waals surface area contributed by atoms with Gasteiger partial charge >= 0.3 is 6.18 Å². The van der Waals surface area contributed by atoms with Gasteiger partial charge in [-0.1, -0.05) is 60.7 Å². The Balaban J connectivity index is 1.58. The Hall–Kier alpha value is -4.26. The van der Waals surface area contributed by atoms with Crippen LogP contribution < -0.4 is 14.9 Å². The molecular formula is C28H19F3O4. The van der Waals surface area contributed by atoms with Gasteiger partial charge in [0.25, 0.3) is 0 Å². The largest absolute Gasteiger partial charge is 0.496 e. The topological polar surface area (TPSA) is 48.7 Å². The van der Waals surface area contributed by atoms with Gasteiger partial charge in [-0.15, -0.1) is 0 Å². The SMILES string of the molecule is COc1ccccc1-c1c(C(F)(F)F)oc2cc(OCc3cccc4ccccc34)ccc2c1=O. The number of fused-ring (bicyclic) bond motifs is 2. The van der Waals surface area contributed by atoms with Crippen LogP contribution in [-0.4, -0.2) is 7.11 Å². The van der Waals surface area contributed by atoms with E-state index in [1.807, 2.05) is 42.5 Å². The molecule has 0 saturated carbocycles. The van der Waals surface area contributed by atoms with Crippen molar-refractivity contribution < 1.29 is 27.1 Å². The van der Waals surface area contributed by atoms with E-state index in [1.165, 1.54) is 37.4 Å². The molecule has 5 rings (SSSR count). The van der Waals surface area contributed by atoms with Crippen LogP contribution >= 0.6 is 0 Å². The minimum atomic E-state index is -4.90. The van der Waals surface area contributed by atoms with E-state index in [9.17, 15) is 18.0 Å². The Labute approximate surface area is 198 Å². The maximum Gasteiger partial charge on any atom is 0.450 e. The summed E-state index contributed by atoms with van der Waals surface area (Å²) in [4.78, 5) is 13.2. The summed E-state index contributed by atoms with van der Waals surface area (Å²) in [5.74, 6) is -0.961. The molecule has 7 heteroatoms. The third-order valence-corrected chi connectivity index (χ3v) is 5.77. The van der Waals surface area contributed by atoms with Crippen LogP contribution in [-0.2, 0) is 12.8 Å². The maximum absolute atomic E-state index is 14.0. The number of rotatable bonds is 5. The van der Waals surface area contributed by atoms with Crippen LogP contribution in [0.2, 0.25) is 0 Å². The molecule has 0 unspecified atom stereocenters. The van der Waals surface area contributed by atoms with Crippen molar-refractivity contribution in [1.29, 1.82) is 0 Å². The zero-order valence-corrected chi connectivity index (χ0v) is 18.6. The molecule has 176 valence electrons. The first-order chi connectivity index (χ1) is 16.9. The van der Waals surface area contributed by atoms with Gasteiger partial charge in [-0.2, -0.15) is 13.2 Å². The number of benzene rings is 4. The predicted octanol–water partition coefficient (Wildman–Crippen LogP) is 7.22. The van der Waals surface area contributed by atoms with Gasteiger partial charge in [-0.3, -0.25) is 4.79 Å². The molecule has 0 spiro atoms. The highest BCUT2D eigenvalue weighted by Crippen LogP contribution is 2.40. The van der Waals surface area contributed by atoms with Crippen molar-refractivity contribution in [3.05, 3.63) is 106 Å². The van der Waals surface area contributed by atoms with Gasteiger partial charge in [-0.25, -0.2) is 0 Å². The second-order valence-electron chi connectivity index (χ2n) is 7.92. The van der Waals surface area contributed by atoms with Crippen LogP contribution in [0, 0.1) is 0 Å². The summed E-state index contributed by atoms with van der Waals surface area (Å²) in [6, 6.07) is 23.9. The molecule has 0 aliphatic heterocycles. The molecule has 4 nitrogen and oxygen atoms in total. The summed E-state index contributed by atoms with van der Waals surface area (Å²) >= 11 is 0. The standard InChI is InChI=1S/C28H19F3O4/c1-33-23-12-5-4-11-21(23)25-26(32)22-14-13-19(15-24(22)35-27(25)28(29,30)31)34-16-18-9-6-8-17-7-2-3-10-20(17)18/h2-15H,16H2,1H3. The molecule has 0 amide bonds. The van der Waals surface area contributed by atoms with E-state index in [2.05, 4.69) is 0 Å². The Morgan fingerprint density at radius 2 is 1.60 bits per heavy atom. The molecule has 1 heterocycles. The van der Waals surface area contributed by atoms with Gasteiger partial charge in [0.15, 0.2) is 0 Å². The van der Waals surface area contributed by atoms with Crippen LogP contribution in [0.15, 0.2) is 94.1 Å². The van der Waals surface area contributed by atoms with Gasteiger partial charge in [0.05, 0.1) is 18.1 Å². The predicted molar refractivity (Wildman–Crippen MR) is 128 cm³/mol. The molecule has 0 aliphatic rings. The first-order valence-electron chi connectivity index (χ1n) is 10.8. The molecule has 0 fully saturated rings. The van der Waals surface area contributed by atoms with Gasteiger partial charge < -0.3 is 13.9 Å². The highest BCUT2D eigenvalue weighted by atomic mass is 19.4. The van der Waals surface area contributed by atoms with Gasteiger partial charge in [-0.05, 0) is 34.5 Å². The normalized spacial score (nSPS) is 11.7. The number of para-hydroxylation sites is 1. The number of ether oxygens (including phenoxy) is 2. The van der Waals surface area contributed by atoms with Crippen LogP contribution in [0.5, 0.6) is 11.5 Å². The molecule has 0 radical (unpaired) electrons. The Kier molecular flexibility index (Phi) is 5.68. The summed E-state index contributed by atoms with van der Waals surface area (Å²) in [5.41, 5.74) is -0.673. The second kappa shape index (κ2) is 8.83. The lowest BCUT2D eigenvalue weighted by molar-refractivity contribution is -0.152. The van der Waals surface area contributed by atoms with Crippen LogP contribution in [0.1, 0.15) is 11.3 Å². The molecule has 0 bridgehead atoms. The minimum absolute atomic E-state index is 0.00857. The molecular weight excluding hydrogens is 457 g/mol. The van der Waals surface area contributed by atoms with Crippen molar-refractivity contribution in [3.8, 4) is 22.6 Å². The number of hydrogen-bond donors (Lipinski definition) is 0. The van der Waals surface area contributed by atoms with E-state index in [-0.39, 0.29) is 34.6 Å². The quantitative estimate of drug-likeness (QED) is 0.269. The van der Waals surface area contributed by atoms with E-state index in [0.717, 1.165) is 16.3 Å². The second-order valence-corrected chi connectivity index (χ2v) is 7.92. The molecule has 0 N–H and O–H groups in total. The van der Waals surface area contributed by atoms with Crippen molar-refractivity contribution >= 4 is 21.7 Å².